The van der Waals surface area contributed by atoms with E-state index < -0.39 is 5.97 Å². The number of carboxylic acid groups (broad SMARTS) is 1. The molecule has 2 aromatic heterocycles. The van der Waals surface area contributed by atoms with Crippen molar-refractivity contribution < 1.29 is 24.0 Å². The normalized spacial score (nSPS) is 17.7. The van der Waals surface area contributed by atoms with E-state index in [-0.39, 0.29) is 28.7 Å². The standard InChI is InChI=1S/C27H31N3O5S/c1-15(2)30(26(32)19-7-5-16(3)6-8-19)22-13-23(36-24(22)27(33)34)18-9-11-20(12-10-18)29-25(31)21-14-28-35-17(21)4/h9-16,19H,5-8H2,1-4H3,(H,29,31)(H,33,34). The highest BCUT2D eigenvalue weighted by Crippen LogP contribution is 2.40. The fourth-order valence-corrected chi connectivity index (χ4v) is 5.64. The van der Waals surface area contributed by atoms with Gasteiger partial charge in [0.05, 0.1) is 11.9 Å². The van der Waals surface area contributed by atoms with Gasteiger partial charge in [-0.05, 0) is 76.1 Å². The number of thiophene rings is 1. The molecule has 2 heterocycles. The Morgan fingerprint density at radius 3 is 2.36 bits per heavy atom. The van der Waals surface area contributed by atoms with Gasteiger partial charge in [0.2, 0.25) is 5.91 Å². The van der Waals surface area contributed by atoms with Crippen molar-refractivity contribution in [3.8, 4) is 10.4 Å². The molecule has 0 aliphatic heterocycles. The Bertz CT molecular complexity index is 1250. The summed E-state index contributed by atoms with van der Waals surface area (Å²) in [4.78, 5) is 40.7. The zero-order valence-corrected chi connectivity index (χ0v) is 21.7. The molecule has 3 aromatic rings. The molecule has 2 N–H and O–H groups in total. The summed E-state index contributed by atoms with van der Waals surface area (Å²) < 4.78 is 4.94. The van der Waals surface area contributed by atoms with Crippen molar-refractivity contribution in [1.29, 1.82) is 0 Å². The third kappa shape index (κ3) is 5.36. The van der Waals surface area contributed by atoms with Crippen LogP contribution in [0.15, 0.2) is 41.1 Å². The summed E-state index contributed by atoms with van der Waals surface area (Å²) in [6.07, 6.45) is 5.08. The number of rotatable bonds is 7. The number of anilines is 2. The fourth-order valence-electron chi connectivity index (χ4n) is 4.64. The maximum Gasteiger partial charge on any atom is 0.348 e. The molecule has 36 heavy (non-hydrogen) atoms. The number of hydrogen-bond donors (Lipinski definition) is 2. The van der Waals surface area contributed by atoms with Gasteiger partial charge >= 0.3 is 5.97 Å². The second kappa shape index (κ2) is 10.7. The number of carbonyl (C=O) groups excluding carboxylic acids is 2. The highest BCUT2D eigenvalue weighted by Gasteiger charge is 2.33. The van der Waals surface area contributed by atoms with Crippen molar-refractivity contribution in [3.05, 3.63) is 52.7 Å². The lowest BCUT2D eigenvalue weighted by atomic mass is 9.82. The van der Waals surface area contributed by atoms with Crippen molar-refractivity contribution in [1.82, 2.24) is 5.16 Å². The van der Waals surface area contributed by atoms with Gasteiger partial charge in [0.1, 0.15) is 16.2 Å². The Labute approximate surface area is 214 Å². The van der Waals surface area contributed by atoms with Crippen LogP contribution in [-0.4, -0.2) is 34.1 Å². The summed E-state index contributed by atoms with van der Waals surface area (Å²) in [6, 6.07) is 8.78. The molecule has 9 heteroatoms. The highest BCUT2D eigenvalue weighted by molar-refractivity contribution is 7.18. The number of aryl methyl sites for hydroxylation is 1. The second-order valence-corrected chi connectivity index (χ2v) is 10.8. The van der Waals surface area contributed by atoms with E-state index in [2.05, 4.69) is 17.4 Å². The molecule has 1 aliphatic carbocycles. The quantitative estimate of drug-likeness (QED) is 0.390. The van der Waals surface area contributed by atoms with Gasteiger partial charge in [0.15, 0.2) is 0 Å². The van der Waals surface area contributed by atoms with Gasteiger partial charge in [0, 0.05) is 22.5 Å². The monoisotopic (exact) mass is 509 g/mol. The number of nitrogens with zero attached hydrogens (tertiary/aromatic N) is 2. The molecule has 0 saturated heterocycles. The Kier molecular flexibility index (Phi) is 7.59. The van der Waals surface area contributed by atoms with Crippen molar-refractivity contribution >= 4 is 40.5 Å². The molecular weight excluding hydrogens is 478 g/mol. The lowest BCUT2D eigenvalue weighted by molar-refractivity contribution is -0.123. The topological polar surface area (TPSA) is 113 Å². The molecule has 0 bridgehead atoms. The van der Waals surface area contributed by atoms with Crippen LogP contribution >= 0.6 is 11.3 Å². The van der Waals surface area contributed by atoms with Crippen molar-refractivity contribution in [2.45, 2.75) is 59.4 Å². The molecule has 1 aliphatic rings. The maximum absolute atomic E-state index is 13.5. The first-order valence-corrected chi connectivity index (χ1v) is 13.0. The van der Waals surface area contributed by atoms with Gasteiger partial charge in [-0.3, -0.25) is 9.59 Å². The average Bonchev–Trinajstić information content (AvgIpc) is 3.47. The molecular formula is C27H31N3O5S. The van der Waals surface area contributed by atoms with Gasteiger partial charge in [-0.25, -0.2) is 4.79 Å². The summed E-state index contributed by atoms with van der Waals surface area (Å²) >= 11 is 1.15. The minimum atomic E-state index is -1.05. The molecule has 1 saturated carbocycles. The number of carbonyl (C=O) groups is 3. The van der Waals surface area contributed by atoms with E-state index >= 15 is 0 Å². The number of amides is 2. The molecule has 0 spiro atoms. The zero-order valence-electron chi connectivity index (χ0n) is 20.9. The molecule has 1 fully saturated rings. The first-order valence-electron chi connectivity index (χ1n) is 12.2. The molecule has 4 rings (SSSR count). The Hall–Kier alpha value is -3.46. The van der Waals surface area contributed by atoms with Crippen LogP contribution in [0, 0.1) is 18.8 Å². The predicted molar refractivity (Wildman–Crippen MR) is 140 cm³/mol. The van der Waals surface area contributed by atoms with Crippen LogP contribution in [0.2, 0.25) is 0 Å². The van der Waals surface area contributed by atoms with Crippen LogP contribution in [0.3, 0.4) is 0 Å². The molecule has 190 valence electrons. The largest absolute Gasteiger partial charge is 0.477 e. The third-order valence-electron chi connectivity index (χ3n) is 6.71. The predicted octanol–water partition coefficient (Wildman–Crippen LogP) is 6.23. The van der Waals surface area contributed by atoms with E-state index in [1.807, 2.05) is 26.0 Å². The van der Waals surface area contributed by atoms with E-state index in [1.54, 1.807) is 30.0 Å². The van der Waals surface area contributed by atoms with Crippen LogP contribution < -0.4 is 10.2 Å². The van der Waals surface area contributed by atoms with Gasteiger partial charge in [0.25, 0.3) is 5.91 Å². The lowest BCUT2D eigenvalue weighted by Gasteiger charge is -2.33. The summed E-state index contributed by atoms with van der Waals surface area (Å²) in [7, 11) is 0. The van der Waals surface area contributed by atoms with Gasteiger partial charge in [-0.15, -0.1) is 11.3 Å². The highest BCUT2D eigenvalue weighted by atomic mass is 32.1. The SMILES string of the molecule is Cc1oncc1C(=O)Nc1ccc(-c2cc(N(C(=O)C3CCC(C)CC3)C(C)C)c(C(=O)O)s2)cc1. The van der Waals surface area contributed by atoms with Crippen LogP contribution in [-0.2, 0) is 4.79 Å². The number of aromatic nitrogens is 1. The van der Waals surface area contributed by atoms with Gasteiger partial charge in [-0.1, -0.05) is 24.2 Å². The minimum absolute atomic E-state index is 0.00541. The summed E-state index contributed by atoms with van der Waals surface area (Å²) in [5.74, 6) is -0.391. The van der Waals surface area contributed by atoms with Crippen LogP contribution in [0.4, 0.5) is 11.4 Å². The van der Waals surface area contributed by atoms with E-state index in [4.69, 9.17) is 4.52 Å². The number of nitrogens with one attached hydrogen (secondary N) is 1. The molecule has 0 atom stereocenters. The number of aromatic carboxylic acids is 1. The van der Waals surface area contributed by atoms with Crippen LogP contribution in [0.1, 0.15) is 72.2 Å². The second-order valence-electron chi connectivity index (χ2n) is 9.72. The first kappa shape index (κ1) is 25.6. The lowest BCUT2D eigenvalue weighted by Crippen LogP contribution is -2.42. The number of carboxylic acids is 1. The maximum atomic E-state index is 13.5. The van der Waals surface area contributed by atoms with Crippen molar-refractivity contribution in [2.24, 2.45) is 11.8 Å². The Morgan fingerprint density at radius 2 is 1.81 bits per heavy atom. The molecule has 2 amide bonds. The molecule has 0 radical (unpaired) electrons. The Morgan fingerprint density at radius 1 is 1.14 bits per heavy atom. The number of hydrogen-bond acceptors (Lipinski definition) is 6. The van der Waals surface area contributed by atoms with Crippen LogP contribution in [0.5, 0.6) is 0 Å². The van der Waals surface area contributed by atoms with Crippen molar-refractivity contribution in [2.75, 3.05) is 10.2 Å². The molecule has 8 nitrogen and oxygen atoms in total. The minimum Gasteiger partial charge on any atom is -0.477 e. The van der Waals surface area contributed by atoms with E-state index in [1.165, 1.54) is 6.20 Å². The first-order chi connectivity index (χ1) is 17.2. The molecule has 0 unspecified atom stereocenters. The summed E-state index contributed by atoms with van der Waals surface area (Å²) in [6.45, 7) is 7.71. The van der Waals surface area contributed by atoms with Crippen molar-refractivity contribution in [3.63, 3.8) is 0 Å². The summed E-state index contributed by atoms with van der Waals surface area (Å²) in [5.41, 5.74) is 2.20. The van der Waals surface area contributed by atoms with E-state index in [0.29, 0.717) is 28.6 Å². The van der Waals surface area contributed by atoms with E-state index in [0.717, 1.165) is 47.5 Å². The van der Waals surface area contributed by atoms with Gasteiger partial charge in [-0.2, -0.15) is 0 Å². The van der Waals surface area contributed by atoms with E-state index in [9.17, 15) is 19.5 Å². The van der Waals surface area contributed by atoms with Crippen LogP contribution in [0.25, 0.3) is 10.4 Å². The fraction of sp³-hybridized carbons (Fsp3) is 0.407. The number of benzene rings is 1. The zero-order chi connectivity index (χ0) is 26.0. The molecule has 1 aromatic carbocycles. The van der Waals surface area contributed by atoms with Gasteiger partial charge < -0.3 is 19.8 Å². The third-order valence-corrected chi connectivity index (χ3v) is 7.87. The smallest absolute Gasteiger partial charge is 0.348 e. The average molecular weight is 510 g/mol. The summed E-state index contributed by atoms with van der Waals surface area (Å²) in [5, 5.41) is 16.4. The Balaban J connectivity index is 1.59.